The van der Waals surface area contributed by atoms with Crippen LogP contribution in [0.5, 0.6) is 11.5 Å². The molecule has 0 aliphatic carbocycles. The molecule has 0 fully saturated rings. The third kappa shape index (κ3) is 4.12. The van der Waals surface area contributed by atoms with Gasteiger partial charge in [0.1, 0.15) is 0 Å². The number of rotatable bonds is 6. The van der Waals surface area contributed by atoms with Gasteiger partial charge in [-0.15, -0.1) is 5.10 Å². The number of halogens is 1. The average molecular weight is 388 g/mol. The van der Waals surface area contributed by atoms with Crippen molar-refractivity contribution >= 4 is 29.0 Å². The second-order valence-corrected chi connectivity index (χ2v) is 6.07. The molecule has 0 aliphatic heterocycles. The molecule has 0 atom stereocenters. The van der Waals surface area contributed by atoms with E-state index >= 15 is 0 Å². The fourth-order valence-electron chi connectivity index (χ4n) is 2.47. The van der Waals surface area contributed by atoms with Crippen LogP contribution < -0.4 is 20.5 Å². The van der Waals surface area contributed by atoms with Gasteiger partial charge in [0, 0.05) is 16.8 Å². The fraction of sp³-hybridized carbons (Fsp3) is 0.167. The van der Waals surface area contributed by atoms with Gasteiger partial charge in [-0.2, -0.15) is 0 Å². The Bertz CT molecular complexity index is 956. The van der Waals surface area contributed by atoms with Gasteiger partial charge in [0.25, 0.3) is 5.91 Å². The Morgan fingerprint density at radius 1 is 1.15 bits per heavy atom. The van der Waals surface area contributed by atoms with E-state index in [2.05, 4.69) is 15.6 Å². The molecule has 1 heterocycles. The normalized spacial score (nSPS) is 10.5. The molecule has 1 amide bonds. The number of methoxy groups -OCH3 is 2. The van der Waals surface area contributed by atoms with Crippen LogP contribution >= 0.6 is 11.6 Å². The Labute approximate surface area is 160 Å². The number of carbonyl (C=O) groups excluding carboxylic acids is 1. The van der Waals surface area contributed by atoms with Crippen molar-refractivity contribution in [2.24, 2.45) is 0 Å². The van der Waals surface area contributed by atoms with E-state index in [0.717, 1.165) is 5.56 Å². The Balaban J connectivity index is 1.76. The van der Waals surface area contributed by atoms with E-state index in [1.165, 1.54) is 18.9 Å². The highest BCUT2D eigenvalue weighted by Crippen LogP contribution is 2.30. The number of amides is 1. The summed E-state index contributed by atoms with van der Waals surface area (Å²) in [4.78, 5) is 12.5. The minimum atomic E-state index is -0.470. The second-order valence-electron chi connectivity index (χ2n) is 5.63. The lowest BCUT2D eigenvalue weighted by molar-refractivity contribution is 0.102. The van der Waals surface area contributed by atoms with Crippen LogP contribution in [0.3, 0.4) is 0 Å². The SMILES string of the molecule is COc1ccc(NC(=O)c2nnn(Cc3ccc(Cl)cc3)c2N)cc1OC. The van der Waals surface area contributed by atoms with Crippen molar-refractivity contribution in [1.82, 2.24) is 15.0 Å². The molecule has 3 N–H and O–H groups in total. The van der Waals surface area contributed by atoms with Gasteiger partial charge in [0.2, 0.25) is 0 Å². The quantitative estimate of drug-likeness (QED) is 0.674. The lowest BCUT2D eigenvalue weighted by Crippen LogP contribution is -2.15. The molecule has 0 bridgehead atoms. The number of hydrogen-bond acceptors (Lipinski definition) is 6. The molecule has 0 aliphatic rings. The first-order valence-corrected chi connectivity index (χ1v) is 8.36. The van der Waals surface area contributed by atoms with Gasteiger partial charge >= 0.3 is 0 Å². The maximum absolute atomic E-state index is 12.5. The Morgan fingerprint density at radius 2 is 1.85 bits per heavy atom. The van der Waals surface area contributed by atoms with Gasteiger partial charge in [-0.25, -0.2) is 4.68 Å². The van der Waals surface area contributed by atoms with Crippen LogP contribution in [0.1, 0.15) is 16.1 Å². The first-order valence-electron chi connectivity index (χ1n) is 7.98. The van der Waals surface area contributed by atoms with Crippen molar-refractivity contribution in [3.05, 3.63) is 58.7 Å². The summed E-state index contributed by atoms with van der Waals surface area (Å²) >= 11 is 5.88. The number of benzene rings is 2. The highest BCUT2D eigenvalue weighted by molar-refractivity contribution is 6.30. The van der Waals surface area contributed by atoms with E-state index in [-0.39, 0.29) is 11.5 Å². The van der Waals surface area contributed by atoms with Gasteiger partial charge in [0.15, 0.2) is 23.0 Å². The maximum Gasteiger partial charge on any atom is 0.280 e. The van der Waals surface area contributed by atoms with Crippen LogP contribution in [0, 0.1) is 0 Å². The second kappa shape index (κ2) is 7.96. The highest BCUT2D eigenvalue weighted by atomic mass is 35.5. The number of nitrogens with one attached hydrogen (secondary N) is 1. The van der Waals surface area contributed by atoms with Gasteiger partial charge < -0.3 is 20.5 Å². The van der Waals surface area contributed by atoms with Crippen molar-refractivity contribution in [2.45, 2.75) is 6.54 Å². The molecule has 0 saturated carbocycles. The zero-order chi connectivity index (χ0) is 19.4. The number of nitrogens with two attached hydrogens (primary N) is 1. The van der Waals surface area contributed by atoms with E-state index in [1.54, 1.807) is 30.3 Å². The van der Waals surface area contributed by atoms with Crippen molar-refractivity contribution in [1.29, 1.82) is 0 Å². The van der Waals surface area contributed by atoms with E-state index in [9.17, 15) is 4.79 Å². The summed E-state index contributed by atoms with van der Waals surface area (Å²) in [5.41, 5.74) is 7.54. The smallest absolute Gasteiger partial charge is 0.280 e. The van der Waals surface area contributed by atoms with Crippen LogP contribution in [-0.4, -0.2) is 35.1 Å². The van der Waals surface area contributed by atoms with Crippen LogP contribution in [0.25, 0.3) is 0 Å². The van der Waals surface area contributed by atoms with Gasteiger partial charge in [-0.05, 0) is 29.8 Å². The molecule has 2 aromatic carbocycles. The van der Waals surface area contributed by atoms with Gasteiger partial charge in [-0.1, -0.05) is 28.9 Å². The van der Waals surface area contributed by atoms with E-state index in [1.807, 2.05) is 12.1 Å². The number of anilines is 2. The molecule has 0 unspecified atom stereocenters. The predicted molar refractivity (Wildman–Crippen MR) is 102 cm³/mol. The molecular formula is C18H18ClN5O3. The molecule has 27 heavy (non-hydrogen) atoms. The summed E-state index contributed by atoms with van der Waals surface area (Å²) < 4.78 is 11.9. The van der Waals surface area contributed by atoms with Crippen molar-refractivity contribution in [3.63, 3.8) is 0 Å². The number of aromatic nitrogens is 3. The lowest BCUT2D eigenvalue weighted by atomic mass is 10.2. The minimum Gasteiger partial charge on any atom is -0.493 e. The fourth-order valence-corrected chi connectivity index (χ4v) is 2.59. The Kier molecular flexibility index (Phi) is 5.46. The number of hydrogen-bond donors (Lipinski definition) is 2. The summed E-state index contributed by atoms with van der Waals surface area (Å²) in [5, 5.41) is 11.2. The standard InChI is InChI=1S/C18H18ClN5O3/c1-26-14-8-7-13(9-15(14)27-2)21-18(25)16-17(20)24(23-22-16)10-11-3-5-12(19)6-4-11/h3-9H,10,20H2,1-2H3,(H,21,25). The minimum absolute atomic E-state index is 0.0405. The number of ether oxygens (including phenoxy) is 2. The predicted octanol–water partition coefficient (Wildman–Crippen LogP) is 2.83. The topological polar surface area (TPSA) is 104 Å². The first-order chi connectivity index (χ1) is 13.0. The molecule has 0 saturated heterocycles. The molecule has 3 aromatic rings. The van der Waals surface area contributed by atoms with E-state index < -0.39 is 5.91 Å². The molecule has 1 aromatic heterocycles. The zero-order valence-electron chi connectivity index (χ0n) is 14.8. The number of nitrogens with zero attached hydrogens (tertiary/aromatic N) is 3. The number of nitrogen functional groups attached to an aromatic ring is 1. The molecule has 9 heteroatoms. The van der Waals surface area contributed by atoms with Gasteiger partial charge in [0.05, 0.1) is 20.8 Å². The molecule has 3 rings (SSSR count). The zero-order valence-corrected chi connectivity index (χ0v) is 15.5. The molecular weight excluding hydrogens is 370 g/mol. The molecule has 0 spiro atoms. The third-order valence-corrected chi connectivity index (χ3v) is 4.13. The lowest BCUT2D eigenvalue weighted by Gasteiger charge is -2.10. The summed E-state index contributed by atoms with van der Waals surface area (Å²) in [6.07, 6.45) is 0. The largest absolute Gasteiger partial charge is 0.493 e. The van der Waals surface area contributed by atoms with Crippen molar-refractivity contribution < 1.29 is 14.3 Å². The maximum atomic E-state index is 12.5. The molecule has 0 radical (unpaired) electrons. The molecule has 140 valence electrons. The monoisotopic (exact) mass is 387 g/mol. The van der Waals surface area contributed by atoms with Gasteiger partial charge in [-0.3, -0.25) is 4.79 Å². The Hall–Kier alpha value is -3.26. The summed E-state index contributed by atoms with van der Waals surface area (Å²) in [7, 11) is 3.06. The van der Waals surface area contributed by atoms with Crippen molar-refractivity contribution in [3.8, 4) is 11.5 Å². The third-order valence-electron chi connectivity index (χ3n) is 3.88. The summed E-state index contributed by atoms with van der Waals surface area (Å²) in [5.74, 6) is 0.753. The number of carbonyl (C=O) groups is 1. The average Bonchev–Trinajstić information content (AvgIpc) is 3.04. The van der Waals surface area contributed by atoms with E-state index in [4.69, 9.17) is 26.8 Å². The van der Waals surface area contributed by atoms with Crippen LogP contribution in [0.15, 0.2) is 42.5 Å². The highest BCUT2D eigenvalue weighted by Gasteiger charge is 2.18. The summed E-state index contributed by atoms with van der Waals surface area (Å²) in [6, 6.07) is 12.3. The van der Waals surface area contributed by atoms with Crippen LogP contribution in [0.4, 0.5) is 11.5 Å². The van der Waals surface area contributed by atoms with Crippen LogP contribution in [0.2, 0.25) is 5.02 Å². The van der Waals surface area contributed by atoms with E-state index in [0.29, 0.717) is 28.8 Å². The molecule has 8 nitrogen and oxygen atoms in total. The summed E-state index contributed by atoms with van der Waals surface area (Å²) in [6.45, 7) is 0.375. The Morgan fingerprint density at radius 3 is 2.52 bits per heavy atom. The first kappa shape index (κ1) is 18.5. The van der Waals surface area contributed by atoms with Crippen LogP contribution in [-0.2, 0) is 6.54 Å². The van der Waals surface area contributed by atoms with Crippen molar-refractivity contribution in [2.75, 3.05) is 25.3 Å².